The Hall–Kier alpha value is -3.44. The number of halogens is 2. The van der Waals surface area contributed by atoms with Crippen LogP contribution in [0.15, 0.2) is 64.3 Å². The lowest BCUT2D eigenvalue weighted by Gasteiger charge is -2.15. The molecule has 1 heterocycles. The average molecular weight is 561 g/mol. The SMILES string of the molecule is Cc1cc(-c2nn(C)c(=O)c3ccccc23)cc(C)c1OCC(=O)NNS(=O)(=O)c1cc(Cl)ccc1Cl. The molecule has 0 saturated heterocycles. The topological polar surface area (TPSA) is 119 Å². The van der Waals surface area contributed by atoms with Crippen LogP contribution in [0.2, 0.25) is 10.0 Å². The number of ether oxygens (including phenoxy) is 1. The number of fused-ring (bicyclic) bond motifs is 1. The summed E-state index contributed by atoms with van der Waals surface area (Å²) in [5.74, 6) is -0.260. The van der Waals surface area contributed by atoms with Crippen molar-refractivity contribution in [1.29, 1.82) is 0 Å². The van der Waals surface area contributed by atoms with Gasteiger partial charge in [0, 0.05) is 23.0 Å². The van der Waals surface area contributed by atoms with Crippen molar-refractivity contribution in [2.75, 3.05) is 6.61 Å². The highest BCUT2D eigenvalue weighted by Gasteiger charge is 2.20. The zero-order chi connectivity index (χ0) is 26.9. The van der Waals surface area contributed by atoms with E-state index in [4.69, 9.17) is 27.9 Å². The van der Waals surface area contributed by atoms with Gasteiger partial charge in [0.2, 0.25) is 0 Å². The zero-order valence-electron chi connectivity index (χ0n) is 20.0. The van der Waals surface area contributed by atoms with Crippen molar-refractivity contribution < 1.29 is 17.9 Å². The molecule has 0 radical (unpaired) electrons. The summed E-state index contributed by atoms with van der Waals surface area (Å²) in [4.78, 5) is 26.5. The number of rotatable bonds is 7. The van der Waals surface area contributed by atoms with Crippen LogP contribution in [0, 0.1) is 13.8 Å². The van der Waals surface area contributed by atoms with Crippen LogP contribution in [0.25, 0.3) is 22.0 Å². The van der Waals surface area contributed by atoms with E-state index in [1.165, 1.54) is 22.9 Å². The third kappa shape index (κ3) is 5.62. The highest BCUT2D eigenvalue weighted by atomic mass is 35.5. The summed E-state index contributed by atoms with van der Waals surface area (Å²) in [6, 6.07) is 14.9. The molecule has 1 aromatic heterocycles. The third-order valence-corrected chi connectivity index (χ3v) is 7.51. The molecule has 0 atom stereocenters. The summed E-state index contributed by atoms with van der Waals surface area (Å²) in [5, 5.41) is 5.87. The Kier molecular flexibility index (Phi) is 7.56. The molecule has 0 bridgehead atoms. The summed E-state index contributed by atoms with van der Waals surface area (Å²) >= 11 is 11.8. The summed E-state index contributed by atoms with van der Waals surface area (Å²) < 4.78 is 31.9. The molecule has 0 spiro atoms. The van der Waals surface area contributed by atoms with E-state index in [0.29, 0.717) is 16.8 Å². The Morgan fingerprint density at radius 1 is 1.03 bits per heavy atom. The van der Waals surface area contributed by atoms with E-state index in [0.717, 1.165) is 22.1 Å². The van der Waals surface area contributed by atoms with E-state index >= 15 is 0 Å². The molecule has 0 fully saturated rings. The minimum Gasteiger partial charge on any atom is -0.483 e. The molecule has 4 rings (SSSR count). The molecule has 2 N–H and O–H groups in total. The van der Waals surface area contributed by atoms with Crippen LogP contribution < -0.4 is 20.6 Å². The molecule has 12 heteroatoms. The maximum absolute atomic E-state index is 12.5. The second-order valence-electron chi connectivity index (χ2n) is 8.28. The summed E-state index contributed by atoms with van der Waals surface area (Å²) in [6.45, 7) is 3.18. The number of sulfonamides is 1. The lowest BCUT2D eigenvalue weighted by Crippen LogP contribution is -2.43. The van der Waals surface area contributed by atoms with E-state index in [9.17, 15) is 18.0 Å². The normalized spacial score (nSPS) is 11.5. The van der Waals surface area contributed by atoms with Gasteiger partial charge >= 0.3 is 0 Å². The zero-order valence-corrected chi connectivity index (χ0v) is 22.3. The van der Waals surface area contributed by atoms with Crippen LogP contribution in [-0.4, -0.2) is 30.7 Å². The van der Waals surface area contributed by atoms with Crippen LogP contribution in [-0.2, 0) is 21.9 Å². The van der Waals surface area contributed by atoms with Crippen molar-refractivity contribution >= 4 is 49.9 Å². The standard InChI is InChI=1S/C25H22Cl2N4O5S/c1-14-10-16(23-18-6-4-5-7-19(18)25(33)31(3)29-23)11-15(2)24(14)36-13-22(32)28-30-37(34,35)21-12-17(26)8-9-20(21)27/h4-12,30H,13H2,1-3H3,(H,28,32). The minimum absolute atomic E-state index is 0.0468. The van der Waals surface area contributed by atoms with E-state index < -0.39 is 22.5 Å². The quantitative estimate of drug-likeness (QED) is 0.331. The molecule has 3 aromatic carbocycles. The van der Waals surface area contributed by atoms with Crippen LogP contribution >= 0.6 is 23.2 Å². The maximum Gasteiger partial charge on any atom is 0.274 e. The van der Waals surface area contributed by atoms with Gasteiger partial charge in [-0.15, -0.1) is 4.83 Å². The Morgan fingerprint density at radius 2 is 1.68 bits per heavy atom. The van der Waals surface area contributed by atoms with Crippen LogP contribution in [0.1, 0.15) is 11.1 Å². The molecule has 0 aliphatic carbocycles. The summed E-state index contributed by atoms with van der Waals surface area (Å²) in [5.41, 5.74) is 4.80. The molecule has 0 aliphatic heterocycles. The van der Waals surface area contributed by atoms with Gasteiger partial charge in [-0.25, -0.2) is 13.1 Å². The van der Waals surface area contributed by atoms with Gasteiger partial charge in [-0.2, -0.15) is 5.10 Å². The highest BCUT2D eigenvalue weighted by Crippen LogP contribution is 2.32. The second-order valence-corrected chi connectivity index (χ2v) is 10.8. The van der Waals surface area contributed by atoms with Crippen molar-refractivity contribution in [3.05, 3.63) is 86.1 Å². The fraction of sp³-hybridized carbons (Fsp3) is 0.160. The minimum atomic E-state index is -4.15. The number of carbonyl (C=O) groups excluding carboxylic acids is 1. The van der Waals surface area contributed by atoms with Crippen LogP contribution in [0.4, 0.5) is 0 Å². The van der Waals surface area contributed by atoms with E-state index in [-0.39, 0.29) is 20.5 Å². The number of hydrazine groups is 1. The summed E-state index contributed by atoms with van der Waals surface area (Å²) in [6.07, 6.45) is 0. The molecule has 37 heavy (non-hydrogen) atoms. The van der Waals surface area contributed by atoms with Crippen molar-refractivity contribution in [1.82, 2.24) is 20.0 Å². The molecule has 0 saturated carbocycles. The molecule has 4 aromatic rings. The Morgan fingerprint density at radius 3 is 2.35 bits per heavy atom. The fourth-order valence-electron chi connectivity index (χ4n) is 3.86. The number of aryl methyl sites for hydroxylation is 3. The van der Waals surface area contributed by atoms with Crippen molar-refractivity contribution in [3.8, 4) is 17.0 Å². The number of nitrogens with zero attached hydrogens (tertiary/aromatic N) is 2. The second kappa shape index (κ2) is 10.5. The molecule has 192 valence electrons. The molecule has 0 unspecified atom stereocenters. The van der Waals surface area contributed by atoms with Gasteiger partial charge in [-0.05, 0) is 61.4 Å². The molecule has 9 nitrogen and oxygen atoms in total. The van der Waals surface area contributed by atoms with Crippen molar-refractivity contribution in [3.63, 3.8) is 0 Å². The number of nitrogens with one attached hydrogen (secondary N) is 2. The predicted molar refractivity (Wildman–Crippen MR) is 142 cm³/mol. The lowest BCUT2D eigenvalue weighted by atomic mass is 10.00. The number of hydrogen-bond donors (Lipinski definition) is 2. The number of benzene rings is 3. The van der Waals surface area contributed by atoms with E-state index in [2.05, 4.69) is 10.5 Å². The van der Waals surface area contributed by atoms with Crippen molar-refractivity contribution in [2.24, 2.45) is 7.05 Å². The first-order valence-electron chi connectivity index (χ1n) is 10.9. The first-order valence-corrected chi connectivity index (χ1v) is 13.2. The van der Waals surface area contributed by atoms with Gasteiger partial charge in [0.05, 0.1) is 16.1 Å². The van der Waals surface area contributed by atoms with Crippen molar-refractivity contribution in [2.45, 2.75) is 18.7 Å². The fourth-order valence-corrected chi connectivity index (χ4v) is 5.49. The molecular formula is C25H22Cl2N4O5S. The van der Waals surface area contributed by atoms with Gasteiger partial charge < -0.3 is 4.74 Å². The number of carbonyl (C=O) groups is 1. The van der Waals surface area contributed by atoms with Gasteiger partial charge in [0.1, 0.15) is 10.6 Å². The van der Waals surface area contributed by atoms with Gasteiger partial charge in [0.15, 0.2) is 6.61 Å². The Balaban J connectivity index is 1.50. The highest BCUT2D eigenvalue weighted by molar-refractivity contribution is 7.89. The Bertz CT molecular complexity index is 1680. The monoisotopic (exact) mass is 560 g/mol. The molecule has 0 aliphatic rings. The first kappa shape index (κ1) is 26.6. The maximum atomic E-state index is 12.5. The number of aromatic nitrogens is 2. The Labute approximate surface area is 223 Å². The van der Waals surface area contributed by atoms with Gasteiger partial charge in [-0.3, -0.25) is 15.0 Å². The smallest absolute Gasteiger partial charge is 0.274 e. The van der Waals surface area contributed by atoms with E-state index in [1.807, 2.05) is 42.9 Å². The third-order valence-electron chi connectivity index (χ3n) is 5.55. The van der Waals surface area contributed by atoms with Gasteiger partial charge in [-0.1, -0.05) is 41.4 Å². The first-order chi connectivity index (χ1) is 17.5. The van der Waals surface area contributed by atoms with Crippen LogP contribution in [0.5, 0.6) is 5.75 Å². The molecule has 1 amide bonds. The van der Waals surface area contributed by atoms with Gasteiger partial charge in [0.25, 0.3) is 21.5 Å². The molecular weight excluding hydrogens is 539 g/mol. The van der Waals surface area contributed by atoms with Crippen LogP contribution in [0.3, 0.4) is 0 Å². The average Bonchev–Trinajstić information content (AvgIpc) is 2.85. The predicted octanol–water partition coefficient (Wildman–Crippen LogP) is 3.91. The largest absolute Gasteiger partial charge is 0.483 e. The number of hydrogen-bond acceptors (Lipinski definition) is 6. The summed E-state index contributed by atoms with van der Waals surface area (Å²) in [7, 11) is -2.55. The number of amides is 1. The lowest BCUT2D eigenvalue weighted by molar-refractivity contribution is -0.123. The van der Waals surface area contributed by atoms with E-state index in [1.54, 1.807) is 19.2 Å².